The first-order valence-electron chi connectivity index (χ1n) is 11.9. The molecule has 160 valence electrons. The summed E-state index contributed by atoms with van der Waals surface area (Å²) in [4.78, 5) is 12.6. The van der Waals surface area contributed by atoms with Crippen LogP contribution in [0.15, 0.2) is 12.1 Å². The van der Waals surface area contributed by atoms with Crippen molar-refractivity contribution in [2.24, 2.45) is 17.3 Å². The standard InChI is InChI=1S/C26H40O2Si/c1-8-17-15-21-18(16-23(17)28-29(6,7)25(2,3)4)9-10-20-19(21)13-14-26(5)22(20)11-12-24(26)27/h15-16,19-20,22H,8-14H2,1-7H3. The molecule has 29 heavy (non-hydrogen) atoms. The number of hydrogen-bond donors (Lipinski definition) is 0. The highest BCUT2D eigenvalue weighted by atomic mass is 28.4. The molecule has 4 rings (SSSR count). The Morgan fingerprint density at radius 1 is 1.14 bits per heavy atom. The fraction of sp³-hybridized carbons (Fsp3) is 0.731. The summed E-state index contributed by atoms with van der Waals surface area (Å²) in [5, 5.41) is 0.210. The molecular formula is C26H40O2Si. The lowest BCUT2D eigenvalue weighted by atomic mass is 9.55. The predicted molar refractivity (Wildman–Crippen MR) is 123 cm³/mol. The Bertz CT molecular complexity index is 819. The minimum absolute atomic E-state index is 0.0301. The summed E-state index contributed by atoms with van der Waals surface area (Å²) in [6.45, 7) is 16.2. The molecule has 2 saturated carbocycles. The third-order valence-electron chi connectivity index (χ3n) is 9.17. The zero-order chi connectivity index (χ0) is 21.2. The van der Waals surface area contributed by atoms with Gasteiger partial charge in [-0.15, -0.1) is 0 Å². The normalized spacial score (nSPS) is 31.8. The van der Waals surface area contributed by atoms with E-state index in [4.69, 9.17) is 4.43 Å². The Hall–Kier alpha value is -1.09. The topological polar surface area (TPSA) is 26.3 Å². The van der Waals surface area contributed by atoms with Gasteiger partial charge in [0.05, 0.1) is 0 Å². The molecular weight excluding hydrogens is 372 g/mol. The van der Waals surface area contributed by atoms with Gasteiger partial charge in [0.15, 0.2) is 0 Å². The van der Waals surface area contributed by atoms with Crippen molar-refractivity contribution in [2.75, 3.05) is 0 Å². The molecule has 0 N–H and O–H groups in total. The highest BCUT2D eigenvalue weighted by Crippen LogP contribution is 2.59. The Kier molecular flexibility index (Phi) is 5.08. The van der Waals surface area contributed by atoms with Crippen LogP contribution in [0.25, 0.3) is 0 Å². The van der Waals surface area contributed by atoms with E-state index in [0.717, 1.165) is 37.9 Å². The van der Waals surface area contributed by atoms with Crippen LogP contribution in [0.5, 0.6) is 5.75 Å². The zero-order valence-electron chi connectivity index (χ0n) is 19.7. The lowest BCUT2D eigenvalue weighted by Gasteiger charge is -2.48. The fourth-order valence-electron chi connectivity index (χ4n) is 6.22. The Balaban J connectivity index is 1.67. The predicted octanol–water partition coefficient (Wildman–Crippen LogP) is 7.06. The Morgan fingerprint density at radius 3 is 2.52 bits per heavy atom. The molecule has 3 heteroatoms. The van der Waals surface area contributed by atoms with E-state index in [1.165, 1.54) is 24.0 Å². The highest BCUT2D eigenvalue weighted by molar-refractivity contribution is 6.74. The summed E-state index contributed by atoms with van der Waals surface area (Å²) < 4.78 is 6.78. The SMILES string of the molecule is CCc1cc2c(cc1O[Si](C)(C)C(C)(C)C)CCC1C2CCC2(C)C(=O)CCC12. The van der Waals surface area contributed by atoms with Crippen LogP contribution in [0.1, 0.15) is 89.3 Å². The highest BCUT2D eigenvalue weighted by Gasteiger charge is 2.54. The van der Waals surface area contributed by atoms with Crippen LogP contribution >= 0.6 is 0 Å². The van der Waals surface area contributed by atoms with E-state index in [2.05, 4.69) is 59.8 Å². The maximum absolute atomic E-state index is 12.6. The third-order valence-corrected chi connectivity index (χ3v) is 13.5. The lowest BCUT2D eigenvalue weighted by molar-refractivity contribution is -0.129. The molecule has 2 nitrogen and oxygen atoms in total. The van der Waals surface area contributed by atoms with Gasteiger partial charge in [-0.25, -0.2) is 0 Å². The molecule has 0 amide bonds. The average Bonchev–Trinajstić information content (AvgIpc) is 2.94. The van der Waals surface area contributed by atoms with Crippen LogP contribution in [-0.4, -0.2) is 14.1 Å². The monoisotopic (exact) mass is 412 g/mol. The van der Waals surface area contributed by atoms with Gasteiger partial charge < -0.3 is 4.43 Å². The average molecular weight is 413 g/mol. The molecule has 1 aromatic carbocycles. The van der Waals surface area contributed by atoms with Gasteiger partial charge >= 0.3 is 0 Å². The first kappa shape index (κ1) is 21.2. The summed E-state index contributed by atoms with van der Waals surface area (Å²) >= 11 is 0. The van der Waals surface area contributed by atoms with E-state index in [0.29, 0.717) is 23.5 Å². The number of aryl methyl sites for hydroxylation is 2. The lowest BCUT2D eigenvalue weighted by Crippen LogP contribution is -2.44. The number of fused-ring (bicyclic) bond motifs is 5. The molecule has 2 fully saturated rings. The van der Waals surface area contributed by atoms with Crippen molar-refractivity contribution in [3.8, 4) is 5.75 Å². The minimum Gasteiger partial charge on any atom is -0.543 e. The Morgan fingerprint density at radius 2 is 1.86 bits per heavy atom. The molecule has 4 unspecified atom stereocenters. The fourth-order valence-corrected chi connectivity index (χ4v) is 7.26. The number of Topliss-reactive ketones (excluding diaryl/α,β-unsaturated/α-hetero) is 1. The first-order valence-corrected chi connectivity index (χ1v) is 14.8. The van der Waals surface area contributed by atoms with E-state index in [1.54, 1.807) is 5.56 Å². The van der Waals surface area contributed by atoms with E-state index < -0.39 is 8.32 Å². The van der Waals surface area contributed by atoms with Crippen LogP contribution in [0.3, 0.4) is 0 Å². The van der Waals surface area contributed by atoms with Gasteiger partial charge in [-0.2, -0.15) is 0 Å². The van der Waals surface area contributed by atoms with Crippen LogP contribution in [0.4, 0.5) is 0 Å². The minimum atomic E-state index is -1.85. The zero-order valence-corrected chi connectivity index (χ0v) is 20.7. The largest absolute Gasteiger partial charge is 0.543 e. The van der Waals surface area contributed by atoms with Crippen molar-refractivity contribution in [1.29, 1.82) is 0 Å². The van der Waals surface area contributed by atoms with E-state index >= 15 is 0 Å². The van der Waals surface area contributed by atoms with Crippen LogP contribution in [0.2, 0.25) is 18.1 Å². The van der Waals surface area contributed by atoms with Crippen molar-refractivity contribution < 1.29 is 9.22 Å². The van der Waals surface area contributed by atoms with Gasteiger partial charge in [0.25, 0.3) is 0 Å². The number of benzene rings is 1. The summed E-state index contributed by atoms with van der Waals surface area (Å²) in [5.74, 6) is 3.64. The number of ketones is 1. The van der Waals surface area contributed by atoms with Crippen molar-refractivity contribution in [3.63, 3.8) is 0 Å². The summed E-state index contributed by atoms with van der Waals surface area (Å²) in [5.41, 5.74) is 4.45. The maximum Gasteiger partial charge on any atom is 0.250 e. The molecule has 0 saturated heterocycles. The van der Waals surface area contributed by atoms with Gasteiger partial charge in [0.1, 0.15) is 11.5 Å². The maximum atomic E-state index is 12.6. The van der Waals surface area contributed by atoms with Crippen molar-refractivity contribution in [1.82, 2.24) is 0 Å². The van der Waals surface area contributed by atoms with Crippen molar-refractivity contribution >= 4 is 14.1 Å². The van der Waals surface area contributed by atoms with Gasteiger partial charge in [-0.3, -0.25) is 4.79 Å². The second kappa shape index (κ2) is 6.97. The summed E-state index contributed by atoms with van der Waals surface area (Å²) in [6, 6.07) is 4.90. The Labute approximate surface area is 178 Å². The second-order valence-corrected chi connectivity index (χ2v) is 16.4. The van der Waals surface area contributed by atoms with Gasteiger partial charge in [0.2, 0.25) is 8.32 Å². The molecule has 3 aliphatic rings. The number of carbonyl (C=O) groups excluding carboxylic acids is 1. The molecule has 0 bridgehead atoms. The number of rotatable bonds is 3. The first-order chi connectivity index (χ1) is 13.5. The van der Waals surface area contributed by atoms with Gasteiger partial charge in [-0.1, -0.05) is 40.7 Å². The van der Waals surface area contributed by atoms with Crippen LogP contribution in [0, 0.1) is 17.3 Å². The quantitative estimate of drug-likeness (QED) is 0.497. The second-order valence-electron chi connectivity index (χ2n) is 11.7. The van der Waals surface area contributed by atoms with Crippen LogP contribution < -0.4 is 4.43 Å². The third kappa shape index (κ3) is 3.32. The molecule has 0 aromatic heterocycles. The van der Waals surface area contributed by atoms with Crippen molar-refractivity contribution in [2.45, 2.75) is 104 Å². The summed E-state index contributed by atoms with van der Waals surface area (Å²) in [6.07, 6.45) is 7.62. The number of hydrogen-bond acceptors (Lipinski definition) is 2. The van der Waals surface area contributed by atoms with Crippen LogP contribution in [-0.2, 0) is 17.6 Å². The smallest absolute Gasteiger partial charge is 0.250 e. The summed E-state index contributed by atoms with van der Waals surface area (Å²) in [7, 11) is -1.85. The molecule has 0 aliphatic heterocycles. The molecule has 0 heterocycles. The van der Waals surface area contributed by atoms with E-state index in [9.17, 15) is 4.79 Å². The van der Waals surface area contributed by atoms with Crippen molar-refractivity contribution in [3.05, 3.63) is 28.8 Å². The molecule has 1 aromatic rings. The van der Waals surface area contributed by atoms with E-state index in [-0.39, 0.29) is 10.5 Å². The molecule has 0 radical (unpaired) electrons. The van der Waals surface area contributed by atoms with Gasteiger partial charge in [0, 0.05) is 11.8 Å². The van der Waals surface area contributed by atoms with Gasteiger partial charge in [-0.05, 0) is 97.2 Å². The molecule has 0 spiro atoms. The molecule has 4 atom stereocenters. The number of carbonyl (C=O) groups is 1. The van der Waals surface area contributed by atoms with E-state index in [1.807, 2.05) is 0 Å². The molecule has 3 aliphatic carbocycles.